The van der Waals surface area contributed by atoms with Crippen LogP contribution in [-0.4, -0.2) is 0 Å². The van der Waals surface area contributed by atoms with Crippen LogP contribution in [0, 0.1) is 0 Å². The molecule has 0 saturated heterocycles. The van der Waals surface area contributed by atoms with Crippen LogP contribution in [0.5, 0.6) is 0 Å². The first-order chi connectivity index (χ1) is 29.7. The van der Waals surface area contributed by atoms with Gasteiger partial charge in [0.1, 0.15) is 0 Å². The van der Waals surface area contributed by atoms with Gasteiger partial charge in [-0.25, -0.2) is 0 Å². The number of hydrogen-bond donors (Lipinski definition) is 0. The molecule has 0 aliphatic rings. The predicted molar refractivity (Wildman–Crippen MR) is 260 cm³/mol. The van der Waals surface area contributed by atoms with Gasteiger partial charge in [-0.05, 0) is 131 Å². The number of hydrogen-bond acceptors (Lipinski definition) is 2. The highest BCUT2D eigenvalue weighted by molar-refractivity contribution is 7.26. The molecule has 0 bridgehead atoms. The second kappa shape index (κ2) is 14.1. The molecule has 60 heavy (non-hydrogen) atoms. The zero-order valence-corrected chi connectivity index (χ0v) is 33.5. The highest BCUT2D eigenvalue weighted by Crippen LogP contribution is 2.46. The lowest BCUT2D eigenvalue weighted by Gasteiger charge is -2.27. The lowest BCUT2D eigenvalue weighted by atomic mass is 9.93. The summed E-state index contributed by atoms with van der Waals surface area (Å²) in [4.78, 5) is 2.44. The van der Waals surface area contributed by atoms with E-state index in [0.717, 1.165) is 11.4 Å². The Balaban J connectivity index is 1.01. The summed E-state index contributed by atoms with van der Waals surface area (Å²) in [5.74, 6) is 0. The summed E-state index contributed by atoms with van der Waals surface area (Å²) in [6, 6.07) is 82.5. The molecule has 11 aromatic carbocycles. The van der Waals surface area contributed by atoms with Gasteiger partial charge < -0.3 is 4.90 Å². The molecule has 0 N–H and O–H groups in total. The van der Waals surface area contributed by atoms with Crippen LogP contribution in [0.3, 0.4) is 0 Å². The Bertz CT molecular complexity index is 3580. The fraction of sp³-hybridized carbons (Fsp3) is 0. The van der Waals surface area contributed by atoms with Crippen LogP contribution in [0.25, 0.3) is 96.6 Å². The standard InChI is InChI=1S/C58H37NS/c1-2-11-38(12-3-1)44-29-34-52-57(37-44)60-56-20-10-19-55(58(52)56)59(46-30-25-39(26-31-46)43-24-23-41-22-21-40-13-4-6-15-48(40)53(41)35-43)47-32-27-42(28-33-47)54-36-45-14-5-7-16-49(45)50-17-8-9-18-51(50)54/h1-37H. The summed E-state index contributed by atoms with van der Waals surface area (Å²) in [6.45, 7) is 0. The normalized spacial score (nSPS) is 11.7. The molecule has 0 radical (unpaired) electrons. The Morgan fingerprint density at radius 3 is 1.60 bits per heavy atom. The van der Waals surface area contributed by atoms with Gasteiger partial charge in [0.05, 0.1) is 5.69 Å². The molecule has 0 spiro atoms. The van der Waals surface area contributed by atoms with Crippen molar-refractivity contribution in [2.24, 2.45) is 0 Å². The minimum Gasteiger partial charge on any atom is -0.310 e. The molecule has 280 valence electrons. The fourth-order valence-corrected chi connectivity index (χ4v) is 10.5. The highest BCUT2D eigenvalue weighted by Gasteiger charge is 2.20. The summed E-state index contributed by atoms with van der Waals surface area (Å²) in [5.41, 5.74) is 10.7. The van der Waals surface area contributed by atoms with Crippen molar-refractivity contribution in [1.82, 2.24) is 0 Å². The van der Waals surface area contributed by atoms with Crippen molar-refractivity contribution < 1.29 is 0 Å². The van der Waals surface area contributed by atoms with Crippen molar-refractivity contribution in [3.05, 3.63) is 224 Å². The number of anilines is 3. The Morgan fingerprint density at radius 1 is 0.283 bits per heavy atom. The van der Waals surface area contributed by atoms with E-state index < -0.39 is 0 Å². The van der Waals surface area contributed by atoms with Crippen molar-refractivity contribution >= 4 is 91.7 Å². The van der Waals surface area contributed by atoms with Crippen molar-refractivity contribution in [2.45, 2.75) is 0 Å². The van der Waals surface area contributed by atoms with Gasteiger partial charge in [0.25, 0.3) is 0 Å². The largest absolute Gasteiger partial charge is 0.310 e. The van der Waals surface area contributed by atoms with Gasteiger partial charge in [-0.3, -0.25) is 0 Å². The minimum atomic E-state index is 1.11. The van der Waals surface area contributed by atoms with Crippen molar-refractivity contribution in [3.63, 3.8) is 0 Å². The third kappa shape index (κ3) is 5.76. The molecule has 1 heterocycles. The molecule has 0 aliphatic carbocycles. The zero-order chi connectivity index (χ0) is 39.6. The van der Waals surface area contributed by atoms with Crippen molar-refractivity contribution in [2.75, 3.05) is 4.90 Å². The van der Waals surface area contributed by atoms with E-state index in [1.807, 2.05) is 11.3 Å². The van der Waals surface area contributed by atoms with E-state index in [9.17, 15) is 0 Å². The predicted octanol–water partition coefficient (Wildman–Crippen LogP) is 17.1. The Labute approximate surface area is 352 Å². The average molecular weight is 780 g/mol. The quantitative estimate of drug-likeness (QED) is 0.152. The third-order valence-electron chi connectivity index (χ3n) is 12.2. The molecule has 0 aliphatic heterocycles. The first-order valence-corrected chi connectivity index (χ1v) is 21.4. The fourth-order valence-electron chi connectivity index (χ4n) is 9.30. The minimum absolute atomic E-state index is 1.11. The van der Waals surface area contributed by atoms with Crippen molar-refractivity contribution in [1.29, 1.82) is 0 Å². The SMILES string of the molecule is c1ccc(-c2ccc3c(c2)sc2cccc(N(c4ccc(-c5ccc6ccc7ccccc7c6c5)cc4)c4ccc(-c5cc6ccccc6c6ccccc56)cc4)c23)cc1. The summed E-state index contributed by atoms with van der Waals surface area (Å²) in [6.07, 6.45) is 0. The Morgan fingerprint density at radius 2 is 0.833 bits per heavy atom. The molecule has 0 atom stereocenters. The second-order valence-electron chi connectivity index (χ2n) is 15.7. The van der Waals surface area contributed by atoms with Gasteiger partial charge in [0.2, 0.25) is 0 Å². The van der Waals surface area contributed by atoms with E-state index in [2.05, 4.69) is 229 Å². The van der Waals surface area contributed by atoms with E-state index in [1.165, 1.54) is 102 Å². The number of nitrogens with zero attached hydrogens (tertiary/aromatic N) is 1. The van der Waals surface area contributed by atoms with E-state index in [4.69, 9.17) is 0 Å². The molecule has 0 saturated carbocycles. The van der Waals surface area contributed by atoms with Gasteiger partial charge >= 0.3 is 0 Å². The molecular formula is C58H37NS. The second-order valence-corrected chi connectivity index (χ2v) is 16.8. The molecule has 0 unspecified atom stereocenters. The first-order valence-electron chi connectivity index (χ1n) is 20.6. The number of rotatable bonds is 6. The lowest BCUT2D eigenvalue weighted by Crippen LogP contribution is -2.10. The number of benzene rings is 11. The molecule has 12 aromatic rings. The maximum absolute atomic E-state index is 2.44. The van der Waals surface area contributed by atoms with E-state index in [-0.39, 0.29) is 0 Å². The van der Waals surface area contributed by atoms with Gasteiger partial charge in [-0.15, -0.1) is 11.3 Å². The molecule has 0 amide bonds. The van der Waals surface area contributed by atoms with Gasteiger partial charge in [-0.1, -0.05) is 170 Å². The molecule has 1 nitrogen and oxygen atoms in total. The van der Waals surface area contributed by atoms with E-state index >= 15 is 0 Å². The molecule has 12 rings (SSSR count). The molecule has 0 fully saturated rings. The summed E-state index contributed by atoms with van der Waals surface area (Å²) >= 11 is 1.87. The average Bonchev–Trinajstić information content (AvgIpc) is 3.71. The maximum Gasteiger partial charge on any atom is 0.0554 e. The van der Waals surface area contributed by atoms with Crippen LogP contribution >= 0.6 is 11.3 Å². The van der Waals surface area contributed by atoms with E-state index in [0.29, 0.717) is 0 Å². The molecule has 2 heteroatoms. The number of thiophene rings is 1. The van der Waals surface area contributed by atoms with Crippen LogP contribution < -0.4 is 4.90 Å². The molecular weight excluding hydrogens is 743 g/mol. The number of fused-ring (bicyclic) bond motifs is 9. The first kappa shape index (κ1) is 34.5. The lowest BCUT2D eigenvalue weighted by molar-refractivity contribution is 1.30. The van der Waals surface area contributed by atoms with Crippen LogP contribution in [0.1, 0.15) is 0 Å². The third-order valence-corrected chi connectivity index (χ3v) is 13.4. The Kier molecular flexibility index (Phi) is 8.11. The van der Waals surface area contributed by atoms with E-state index in [1.54, 1.807) is 0 Å². The van der Waals surface area contributed by atoms with Crippen LogP contribution in [0.2, 0.25) is 0 Å². The monoisotopic (exact) mass is 779 g/mol. The topological polar surface area (TPSA) is 3.24 Å². The van der Waals surface area contributed by atoms with Gasteiger partial charge in [-0.2, -0.15) is 0 Å². The van der Waals surface area contributed by atoms with Crippen LogP contribution in [0.15, 0.2) is 224 Å². The summed E-state index contributed by atoms with van der Waals surface area (Å²) in [7, 11) is 0. The zero-order valence-electron chi connectivity index (χ0n) is 32.7. The smallest absolute Gasteiger partial charge is 0.0554 e. The van der Waals surface area contributed by atoms with Gasteiger partial charge in [0.15, 0.2) is 0 Å². The molecule has 1 aromatic heterocycles. The maximum atomic E-state index is 2.44. The summed E-state index contributed by atoms with van der Waals surface area (Å²) in [5, 5.41) is 12.7. The highest BCUT2D eigenvalue weighted by atomic mass is 32.1. The van der Waals surface area contributed by atoms with Crippen molar-refractivity contribution in [3.8, 4) is 33.4 Å². The van der Waals surface area contributed by atoms with Crippen LogP contribution in [-0.2, 0) is 0 Å². The Hall–Kier alpha value is -7.52. The van der Waals surface area contributed by atoms with Gasteiger partial charge in [0, 0.05) is 31.5 Å². The van der Waals surface area contributed by atoms with Crippen LogP contribution in [0.4, 0.5) is 17.1 Å². The summed E-state index contributed by atoms with van der Waals surface area (Å²) < 4.78 is 2.56.